The second kappa shape index (κ2) is 10.6. The average Bonchev–Trinajstić information content (AvgIpc) is 2.63. The molecule has 5 nitrogen and oxygen atoms in total. The first-order chi connectivity index (χ1) is 12.9. The highest BCUT2D eigenvalue weighted by molar-refractivity contribution is 5.68. The molecule has 1 aliphatic carbocycles. The van der Waals surface area contributed by atoms with Gasteiger partial charge in [-0.15, -0.1) is 0 Å². The van der Waals surface area contributed by atoms with Crippen molar-refractivity contribution < 1.29 is 23.4 Å². The van der Waals surface area contributed by atoms with Gasteiger partial charge in [-0.3, -0.25) is 0 Å². The minimum atomic E-state index is -0.688. The third-order valence-electron chi connectivity index (χ3n) is 4.39. The van der Waals surface area contributed by atoms with Crippen molar-refractivity contribution >= 4 is 6.09 Å². The summed E-state index contributed by atoms with van der Waals surface area (Å²) in [6.45, 7) is 5.40. The number of hydrogen-bond donors (Lipinski definition) is 1. The van der Waals surface area contributed by atoms with E-state index in [-0.39, 0.29) is 18.8 Å². The Morgan fingerprint density at radius 2 is 1.70 bits per heavy atom. The summed E-state index contributed by atoms with van der Waals surface area (Å²) in [6.07, 6.45) is 3.31. The first-order valence-corrected chi connectivity index (χ1v) is 9.68. The quantitative estimate of drug-likeness (QED) is 0.725. The van der Waals surface area contributed by atoms with Gasteiger partial charge in [0.1, 0.15) is 12.3 Å². The summed E-state index contributed by atoms with van der Waals surface area (Å²) < 4.78 is 30.1. The van der Waals surface area contributed by atoms with Gasteiger partial charge in [-0.05, 0) is 52.0 Å². The molecule has 27 heavy (non-hydrogen) atoms. The van der Waals surface area contributed by atoms with Crippen LogP contribution in [-0.4, -0.2) is 43.2 Å². The Bertz CT molecular complexity index is 553. The van der Waals surface area contributed by atoms with Crippen LogP contribution in [0.25, 0.3) is 0 Å². The van der Waals surface area contributed by atoms with Gasteiger partial charge in [0.25, 0.3) is 0 Å². The molecule has 1 fully saturated rings. The SMILES string of the molecule is CC(C)(C)OC(=O)N[C@@H](CF)CO[C@H]1CC[C@H](OCc2ccccc2)CC1. The van der Waals surface area contributed by atoms with Crippen LogP contribution in [0.4, 0.5) is 9.18 Å². The van der Waals surface area contributed by atoms with Gasteiger partial charge in [0.2, 0.25) is 0 Å². The van der Waals surface area contributed by atoms with Gasteiger partial charge in [0.05, 0.1) is 31.5 Å². The number of alkyl carbamates (subject to hydrolysis) is 1. The molecular formula is C21H32FNO4. The van der Waals surface area contributed by atoms with Crippen molar-refractivity contribution in [3.05, 3.63) is 35.9 Å². The number of ether oxygens (including phenoxy) is 3. The summed E-state index contributed by atoms with van der Waals surface area (Å²) in [5.74, 6) is 0. The molecule has 1 aromatic rings. The van der Waals surface area contributed by atoms with Gasteiger partial charge in [0, 0.05) is 0 Å². The van der Waals surface area contributed by atoms with Crippen LogP contribution in [0.1, 0.15) is 52.0 Å². The second-order valence-electron chi connectivity index (χ2n) is 8.03. The normalized spacial score (nSPS) is 21.5. The summed E-state index contributed by atoms with van der Waals surface area (Å²) in [7, 11) is 0. The summed E-state index contributed by atoms with van der Waals surface area (Å²) in [6, 6.07) is 9.44. The van der Waals surface area contributed by atoms with E-state index in [2.05, 4.69) is 17.4 Å². The van der Waals surface area contributed by atoms with Crippen LogP contribution >= 0.6 is 0 Å². The van der Waals surface area contributed by atoms with E-state index in [1.54, 1.807) is 20.8 Å². The Morgan fingerprint density at radius 1 is 1.11 bits per heavy atom. The Balaban J connectivity index is 1.63. The maximum absolute atomic E-state index is 13.2. The van der Waals surface area contributed by atoms with E-state index in [1.165, 1.54) is 5.56 Å². The van der Waals surface area contributed by atoms with Crippen molar-refractivity contribution in [2.24, 2.45) is 0 Å². The maximum atomic E-state index is 13.2. The molecule has 6 heteroatoms. The third kappa shape index (κ3) is 8.71. The lowest BCUT2D eigenvalue weighted by atomic mass is 9.95. The zero-order valence-corrected chi connectivity index (χ0v) is 16.6. The Morgan fingerprint density at radius 3 is 2.26 bits per heavy atom. The molecule has 1 aliphatic rings. The van der Waals surface area contributed by atoms with Gasteiger partial charge in [-0.25, -0.2) is 9.18 Å². The number of rotatable bonds is 8. The first-order valence-electron chi connectivity index (χ1n) is 9.68. The Hall–Kier alpha value is -1.66. The average molecular weight is 381 g/mol. The van der Waals surface area contributed by atoms with Gasteiger partial charge in [0.15, 0.2) is 0 Å². The van der Waals surface area contributed by atoms with E-state index < -0.39 is 24.4 Å². The van der Waals surface area contributed by atoms with Crippen LogP contribution in [0.2, 0.25) is 0 Å². The molecular weight excluding hydrogens is 349 g/mol. The van der Waals surface area contributed by atoms with Crippen LogP contribution in [0.15, 0.2) is 30.3 Å². The molecule has 1 atom stereocenters. The first kappa shape index (κ1) is 21.6. The number of carbonyl (C=O) groups is 1. The largest absolute Gasteiger partial charge is 0.444 e. The predicted molar refractivity (Wildman–Crippen MR) is 102 cm³/mol. The number of halogens is 1. The molecule has 1 saturated carbocycles. The van der Waals surface area contributed by atoms with E-state index in [4.69, 9.17) is 14.2 Å². The lowest BCUT2D eigenvalue weighted by Crippen LogP contribution is -2.43. The van der Waals surface area contributed by atoms with Gasteiger partial charge in [-0.1, -0.05) is 30.3 Å². The topological polar surface area (TPSA) is 56.8 Å². The molecule has 2 rings (SSSR count). The zero-order valence-electron chi connectivity index (χ0n) is 16.6. The summed E-state index contributed by atoms with van der Waals surface area (Å²) in [5, 5.41) is 2.52. The minimum absolute atomic E-state index is 0.0797. The summed E-state index contributed by atoms with van der Waals surface area (Å²) >= 11 is 0. The van der Waals surface area contributed by atoms with Crippen molar-refractivity contribution in [2.75, 3.05) is 13.3 Å². The van der Waals surface area contributed by atoms with Gasteiger partial charge >= 0.3 is 6.09 Å². The number of benzene rings is 1. The molecule has 1 amide bonds. The fourth-order valence-corrected chi connectivity index (χ4v) is 3.01. The van der Waals surface area contributed by atoms with E-state index >= 15 is 0 Å². The second-order valence-corrected chi connectivity index (χ2v) is 8.03. The highest BCUT2D eigenvalue weighted by atomic mass is 19.1. The number of amides is 1. The maximum Gasteiger partial charge on any atom is 0.408 e. The molecule has 0 spiro atoms. The smallest absolute Gasteiger partial charge is 0.408 e. The molecule has 0 bridgehead atoms. The molecule has 1 N–H and O–H groups in total. The van der Waals surface area contributed by atoms with Crippen molar-refractivity contribution in [1.82, 2.24) is 5.32 Å². The third-order valence-corrected chi connectivity index (χ3v) is 4.39. The zero-order chi connectivity index (χ0) is 19.7. The van der Waals surface area contributed by atoms with Crippen molar-refractivity contribution in [3.63, 3.8) is 0 Å². The molecule has 0 heterocycles. The molecule has 1 aromatic carbocycles. The number of nitrogens with one attached hydrogen (secondary N) is 1. The standard InChI is InChI=1S/C21H32FNO4/c1-21(2,3)27-20(24)23-17(13-22)15-26-19-11-9-18(10-12-19)25-14-16-7-5-4-6-8-16/h4-8,17-19H,9-15H2,1-3H3,(H,23,24)/t17-,18-,19-/m0/s1. The fourth-order valence-electron chi connectivity index (χ4n) is 3.01. The van der Waals surface area contributed by atoms with Gasteiger partial charge < -0.3 is 19.5 Å². The highest BCUT2D eigenvalue weighted by Crippen LogP contribution is 2.24. The highest BCUT2D eigenvalue weighted by Gasteiger charge is 2.24. The molecule has 0 aliphatic heterocycles. The summed E-state index contributed by atoms with van der Waals surface area (Å²) in [4.78, 5) is 11.7. The number of alkyl halides is 1. The Labute approximate surface area is 161 Å². The van der Waals surface area contributed by atoms with Gasteiger partial charge in [-0.2, -0.15) is 0 Å². The van der Waals surface area contributed by atoms with Crippen molar-refractivity contribution in [2.45, 2.75) is 76.9 Å². The molecule has 0 radical (unpaired) electrons. The van der Waals surface area contributed by atoms with E-state index in [0.717, 1.165) is 25.7 Å². The van der Waals surface area contributed by atoms with Crippen molar-refractivity contribution in [1.29, 1.82) is 0 Å². The summed E-state index contributed by atoms with van der Waals surface area (Å²) in [5.41, 5.74) is 0.569. The number of carbonyl (C=O) groups excluding carboxylic acids is 1. The van der Waals surface area contributed by atoms with Crippen molar-refractivity contribution in [3.8, 4) is 0 Å². The van der Waals surface area contributed by atoms with Crippen LogP contribution in [0.3, 0.4) is 0 Å². The monoisotopic (exact) mass is 381 g/mol. The van der Waals surface area contributed by atoms with Crippen LogP contribution in [-0.2, 0) is 20.8 Å². The lowest BCUT2D eigenvalue weighted by Gasteiger charge is -2.30. The fraction of sp³-hybridized carbons (Fsp3) is 0.667. The van der Waals surface area contributed by atoms with Crippen LogP contribution < -0.4 is 5.32 Å². The molecule has 152 valence electrons. The Kier molecular flexibility index (Phi) is 8.51. The van der Waals surface area contributed by atoms with E-state index in [9.17, 15) is 9.18 Å². The number of hydrogen-bond acceptors (Lipinski definition) is 4. The lowest BCUT2D eigenvalue weighted by molar-refractivity contribution is -0.0427. The van der Waals surface area contributed by atoms with E-state index in [0.29, 0.717) is 6.61 Å². The van der Waals surface area contributed by atoms with Crippen LogP contribution in [0.5, 0.6) is 0 Å². The minimum Gasteiger partial charge on any atom is -0.444 e. The van der Waals surface area contributed by atoms with Crippen LogP contribution in [0, 0.1) is 0 Å². The molecule has 0 saturated heterocycles. The molecule has 0 unspecified atom stereocenters. The predicted octanol–water partition coefficient (Wildman–Crippen LogP) is 4.39. The van der Waals surface area contributed by atoms with E-state index in [1.807, 2.05) is 18.2 Å². The molecule has 0 aromatic heterocycles.